The van der Waals surface area contributed by atoms with Crippen LogP contribution in [0.5, 0.6) is 0 Å². The van der Waals surface area contributed by atoms with E-state index >= 15 is 0 Å². The maximum Gasteiger partial charge on any atom is 0.290 e. The van der Waals surface area contributed by atoms with Crippen molar-refractivity contribution in [3.05, 3.63) is 60.2 Å². The minimum atomic E-state index is -2.63. The van der Waals surface area contributed by atoms with Crippen molar-refractivity contribution >= 4 is 35.3 Å². The van der Waals surface area contributed by atoms with Crippen LogP contribution in [-0.4, -0.2) is 87.3 Å². The second-order valence-electron chi connectivity index (χ2n) is 14.7. The molecule has 1 aliphatic heterocycles. The number of fused-ring (bicyclic) bond motifs is 1. The summed E-state index contributed by atoms with van der Waals surface area (Å²) in [5.41, 5.74) is 0.771. The van der Waals surface area contributed by atoms with Gasteiger partial charge in [-0.1, -0.05) is 64.4 Å². The van der Waals surface area contributed by atoms with Gasteiger partial charge in [0.15, 0.2) is 0 Å². The van der Waals surface area contributed by atoms with Crippen LogP contribution in [0.15, 0.2) is 48.9 Å². The van der Waals surface area contributed by atoms with E-state index in [1.807, 2.05) is 6.07 Å². The van der Waals surface area contributed by atoms with Gasteiger partial charge in [0, 0.05) is 25.4 Å². The Kier molecular flexibility index (Phi) is 14.5. The van der Waals surface area contributed by atoms with Gasteiger partial charge in [0.2, 0.25) is 29.9 Å². The van der Waals surface area contributed by atoms with Gasteiger partial charge in [-0.05, 0) is 61.8 Å². The minimum Gasteiger partial charge on any atom is -0.344 e. The van der Waals surface area contributed by atoms with Crippen molar-refractivity contribution in [1.29, 1.82) is 0 Å². The van der Waals surface area contributed by atoms with Gasteiger partial charge in [-0.2, -0.15) is 0 Å². The number of alkyl halides is 2. The number of Topliss-reactive ketones (excluding diaryl/α,β-unsaturated/α-hetero) is 1. The number of nitrogens with zero attached hydrogens (tertiary/aromatic N) is 3. The summed E-state index contributed by atoms with van der Waals surface area (Å²) < 4.78 is 26.2. The number of carbonyl (C=O) groups excluding carboxylic acids is 6. The van der Waals surface area contributed by atoms with Gasteiger partial charge in [0.1, 0.15) is 23.8 Å². The fourth-order valence-electron chi connectivity index (χ4n) is 7.22. The van der Waals surface area contributed by atoms with Crippen molar-refractivity contribution in [2.45, 2.75) is 110 Å². The predicted molar refractivity (Wildman–Crippen MR) is 191 cm³/mol. The van der Waals surface area contributed by atoms with E-state index in [4.69, 9.17) is 0 Å². The molecule has 2 aliphatic rings. The molecule has 4 rings (SSSR count). The number of hydrogen-bond donors (Lipinski definition) is 4. The summed E-state index contributed by atoms with van der Waals surface area (Å²) >= 11 is 0. The van der Waals surface area contributed by atoms with E-state index < -0.39 is 84.3 Å². The molecule has 2 aromatic rings. The molecule has 4 unspecified atom stereocenters. The Balaban J connectivity index is 1.52. The largest absolute Gasteiger partial charge is 0.344 e. The van der Waals surface area contributed by atoms with Crippen LogP contribution < -0.4 is 21.3 Å². The predicted octanol–water partition coefficient (Wildman–Crippen LogP) is 3.37. The Morgan fingerprint density at radius 3 is 2.17 bits per heavy atom. The fourth-order valence-corrected chi connectivity index (χ4v) is 7.22. The lowest BCUT2D eigenvalue weighted by Crippen LogP contribution is -2.60. The molecule has 0 spiro atoms. The van der Waals surface area contributed by atoms with Gasteiger partial charge in [-0.15, -0.1) is 0 Å². The highest BCUT2D eigenvalue weighted by Gasteiger charge is 2.51. The van der Waals surface area contributed by atoms with Crippen molar-refractivity contribution < 1.29 is 37.5 Å². The molecule has 53 heavy (non-hydrogen) atoms. The maximum atomic E-state index is 14.3. The van der Waals surface area contributed by atoms with E-state index in [1.165, 1.54) is 23.5 Å². The highest BCUT2D eigenvalue weighted by molar-refractivity contribution is 6.38. The Morgan fingerprint density at radius 2 is 1.55 bits per heavy atom. The molecule has 0 radical (unpaired) electrons. The molecule has 1 aliphatic carbocycles. The van der Waals surface area contributed by atoms with Crippen molar-refractivity contribution in [3.8, 4) is 0 Å². The monoisotopic (exact) mass is 739 g/mol. The molecular formula is C38H51F2N7O6. The van der Waals surface area contributed by atoms with Crippen molar-refractivity contribution in [2.75, 3.05) is 6.54 Å². The van der Waals surface area contributed by atoms with Crippen LogP contribution in [0, 0.1) is 23.7 Å². The van der Waals surface area contributed by atoms with E-state index in [-0.39, 0.29) is 42.8 Å². The third kappa shape index (κ3) is 10.6. The summed E-state index contributed by atoms with van der Waals surface area (Å²) in [4.78, 5) is 91.0. The topological polar surface area (TPSA) is 180 Å². The van der Waals surface area contributed by atoms with Crippen LogP contribution in [-0.2, 0) is 24.0 Å². The van der Waals surface area contributed by atoms with Crippen LogP contribution in [0.2, 0.25) is 0 Å². The second kappa shape index (κ2) is 18.8. The average Bonchev–Trinajstić information content (AvgIpc) is 3.74. The number of rotatable bonds is 17. The molecule has 1 saturated heterocycles. The summed E-state index contributed by atoms with van der Waals surface area (Å²) in [6.45, 7) is 8.95. The van der Waals surface area contributed by atoms with Crippen molar-refractivity contribution in [1.82, 2.24) is 36.1 Å². The third-order valence-corrected chi connectivity index (χ3v) is 10.1. The first-order valence-electron chi connectivity index (χ1n) is 18.3. The second-order valence-corrected chi connectivity index (χ2v) is 14.7. The SMILES string of the molecule is CC(C)C(NC(=O)c1cnccn1)C(=O)NC(C(=O)N1C[C@@H]2CCC[C@@H]2C1C(=O)NC(CCCC(F)F)C(=O)C(=O)N[C@@H](C)c1ccccc1)C(C)C. The smallest absolute Gasteiger partial charge is 0.290 e. The zero-order chi connectivity index (χ0) is 38.8. The van der Waals surface area contributed by atoms with Gasteiger partial charge < -0.3 is 26.2 Å². The zero-order valence-corrected chi connectivity index (χ0v) is 30.9. The first kappa shape index (κ1) is 40.9. The quantitative estimate of drug-likeness (QED) is 0.178. The number of halogens is 2. The molecule has 2 heterocycles. The Labute approximate surface area is 308 Å². The zero-order valence-electron chi connectivity index (χ0n) is 30.9. The number of amides is 5. The van der Waals surface area contributed by atoms with E-state index in [0.29, 0.717) is 6.42 Å². The summed E-state index contributed by atoms with van der Waals surface area (Å²) in [6.07, 6.45) is 2.83. The molecule has 0 bridgehead atoms. The summed E-state index contributed by atoms with van der Waals surface area (Å²) in [5.74, 6) is -5.31. The van der Waals surface area contributed by atoms with Gasteiger partial charge in [0.05, 0.1) is 18.3 Å². The van der Waals surface area contributed by atoms with E-state index in [9.17, 15) is 37.5 Å². The molecule has 1 aromatic carbocycles. The molecular weight excluding hydrogens is 688 g/mol. The van der Waals surface area contributed by atoms with Crippen molar-refractivity contribution in [3.63, 3.8) is 0 Å². The lowest BCUT2D eigenvalue weighted by molar-refractivity contribution is -0.145. The number of benzene rings is 1. The lowest BCUT2D eigenvalue weighted by Gasteiger charge is -2.34. The van der Waals surface area contributed by atoms with Crippen LogP contribution in [0.4, 0.5) is 8.78 Å². The average molecular weight is 740 g/mol. The van der Waals surface area contributed by atoms with E-state index in [2.05, 4.69) is 31.2 Å². The highest BCUT2D eigenvalue weighted by Crippen LogP contribution is 2.42. The molecule has 4 N–H and O–H groups in total. The molecule has 288 valence electrons. The van der Waals surface area contributed by atoms with Crippen LogP contribution in [0.1, 0.15) is 95.2 Å². The Morgan fingerprint density at radius 1 is 0.849 bits per heavy atom. The number of nitrogens with one attached hydrogen (secondary N) is 4. The number of ketones is 1. The normalized spacial score (nSPS) is 20.3. The van der Waals surface area contributed by atoms with Gasteiger partial charge in [-0.25, -0.2) is 13.8 Å². The maximum absolute atomic E-state index is 14.3. The molecule has 13 nitrogen and oxygen atoms in total. The number of aromatic nitrogens is 2. The fraction of sp³-hybridized carbons (Fsp3) is 0.579. The summed E-state index contributed by atoms with van der Waals surface area (Å²) in [5, 5.41) is 10.8. The summed E-state index contributed by atoms with van der Waals surface area (Å²) in [7, 11) is 0. The molecule has 5 amide bonds. The molecule has 1 aromatic heterocycles. The van der Waals surface area contributed by atoms with Gasteiger partial charge in [-0.3, -0.25) is 33.8 Å². The third-order valence-electron chi connectivity index (χ3n) is 10.1. The van der Waals surface area contributed by atoms with Crippen LogP contribution in [0.25, 0.3) is 0 Å². The molecule has 2 fully saturated rings. The van der Waals surface area contributed by atoms with Gasteiger partial charge >= 0.3 is 0 Å². The van der Waals surface area contributed by atoms with Crippen LogP contribution in [0.3, 0.4) is 0 Å². The summed E-state index contributed by atoms with van der Waals surface area (Å²) in [6, 6.07) is 3.92. The standard InChI is InChI=1S/C38H51F2N7O6/c1-21(2)30(45-34(49)28-19-41-17-18-42-28)35(50)46-31(22(3)4)38(53)47-20-25-13-9-14-26(25)32(47)36(51)44-27(15-10-16-29(39)40)33(48)37(52)43-23(5)24-11-7-6-8-12-24/h6-8,11-12,17-19,21-23,25-27,29-32H,9-10,13-16,20H2,1-5H3,(H,43,52)(H,44,51)(H,45,49)(H,46,50)/t23-,25-,26-,27?,30?,31?,32?/m0/s1. The number of likely N-dealkylation sites (tertiary alicyclic amines) is 1. The Hall–Kier alpha value is -4.82. The number of carbonyl (C=O) groups is 6. The van der Waals surface area contributed by atoms with E-state index in [1.54, 1.807) is 58.9 Å². The Bertz CT molecular complexity index is 1600. The first-order chi connectivity index (χ1) is 25.2. The molecule has 7 atom stereocenters. The van der Waals surface area contributed by atoms with Crippen LogP contribution >= 0.6 is 0 Å². The molecule has 15 heteroatoms. The minimum absolute atomic E-state index is 0.00379. The lowest BCUT2D eigenvalue weighted by atomic mass is 9.92. The van der Waals surface area contributed by atoms with E-state index in [0.717, 1.165) is 18.4 Å². The highest BCUT2D eigenvalue weighted by atomic mass is 19.3. The first-order valence-corrected chi connectivity index (χ1v) is 18.3. The molecule has 1 saturated carbocycles. The van der Waals surface area contributed by atoms with Crippen molar-refractivity contribution in [2.24, 2.45) is 23.7 Å². The number of hydrogen-bond acceptors (Lipinski definition) is 8. The van der Waals surface area contributed by atoms with Gasteiger partial charge in [0.25, 0.3) is 11.8 Å².